The lowest BCUT2D eigenvalue weighted by Crippen LogP contribution is -2.53. The van der Waals surface area contributed by atoms with Crippen molar-refractivity contribution in [2.75, 3.05) is 30.0 Å². The Morgan fingerprint density at radius 1 is 1.22 bits per heavy atom. The summed E-state index contributed by atoms with van der Waals surface area (Å²) in [5, 5.41) is 13.7. The van der Waals surface area contributed by atoms with Crippen molar-refractivity contribution in [3.05, 3.63) is 71.3 Å². The van der Waals surface area contributed by atoms with Crippen LogP contribution in [0.5, 0.6) is 0 Å². The maximum absolute atomic E-state index is 13.0. The number of carbonyl (C=O) groups excluding carboxylic acids is 1. The number of ether oxygens (including phenoxy) is 1. The van der Waals surface area contributed by atoms with E-state index in [9.17, 15) is 23.1 Å². The highest BCUT2D eigenvalue weighted by Crippen LogP contribution is 2.42. The number of amides is 1. The lowest BCUT2D eigenvalue weighted by molar-refractivity contribution is -0.137. The van der Waals surface area contributed by atoms with Crippen molar-refractivity contribution in [2.45, 2.75) is 38.1 Å². The van der Waals surface area contributed by atoms with Crippen LogP contribution >= 0.6 is 0 Å². The lowest BCUT2D eigenvalue weighted by Gasteiger charge is -2.46. The molecule has 2 aliphatic rings. The number of aryl methyl sites for hydroxylation is 1. The molecule has 3 aromatic rings. The van der Waals surface area contributed by atoms with Gasteiger partial charge in [0.2, 0.25) is 0 Å². The number of benzene rings is 1. The molecule has 4 heterocycles. The third-order valence-electron chi connectivity index (χ3n) is 6.66. The van der Waals surface area contributed by atoms with Gasteiger partial charge in [0.25, 0.3) is 5.91 Å². The fourth-order valence-electron chi connectivity index (χ4n) is 4.86. The Morgan fingerprint density at radius 3 is 2.81 bits per heavy atom. The number of aliphatic hydroxyl groups is 1. The molecule has 188 valence electrons. The van der Waals surface area contributed by atoms with Crippen molar-refractivity contribution >= 4 is 17.3 Å². The highest BCUT2D eigenvalue weighted by molar-refractivity contribution is 6.04. The second kappa shape index (κ2) is 8.86. The minimum Gasteiger partial charge on any atom is -0.384 e. The molecule has 0 radical (unpaired) electrons. The van der Waals surface area contributed by atoms with E-state index in [1.807, 2.05) is 13.0 Å². The van der Waals surface area contributed by atoms with E-state index >= 15 is 0 Å². The number of hydrogen-bond acceptors (Lipinski definition) is 6. The smallest absolute Gasteiger partial charge is 0.384 e. The monoisotopic (exact) mass is 498 g/mol. The second-order valence-electron chi connectivity index (χ2n) is 9.38. The number of rotatable bonds is 3. The van der Waals surface area contributed by atoms with Crippen LogP contribution in [0.1, 0.15) is 40.7 Å². The second-order valence-corrected chi connectivity index (χ2v) is 9.38. The molecule has 1 fully saturated rings. The highest BCUT2D eigenvalue weighted by atomic mass is 19.4. The van der Waals surface area contributed by atoms with Gasteiger partial charge in [-0.3, -0.25) is 14.8 Å². The van der Waals surface area contributed by atoms with Crippen LogP contribution < -0.4 is 10.2 Å². The summed E-state index contributed by atoms with van der Waals surface area (Å²) in [5.41, 5.74) is 1.82. The van der Waals surface area contributed by atoms with Crippen molar-refractivity contribution in [3.63, 3.8) is 0 Å². The first-order valence-electron chi connectivity index (χ1n) is 11.6. The molecule has 0 saturated carbocycles. The van der Waals surface area contributed by atoms with E-state index in [0.29, 0.717) is 48.8 Å². The molecular weight excluding hydrogens is 473 g/mol. The molecule has 36 heavy (non-hydrogen) atoms. The van der Waals surface area contributed by atoms with E-state index in [1.54, 1.807) is 19.2 Å². The van der Waals surface area contributed by atoms with Gasteiger partial charge in [0.15, 0.2) is 0 Å². The molecule has 2 aromatic heterocycles. The third kappa shape index (κ3) is 4.54. The van der Waals surface area contributed by atoms with Crippen LogP contribution in [0.15, 0.2) is 48.8 Å². The van der Waals surface area contributed by atoms with E-state index in [-0.39, 0.29) is 11.6 Å². The number of pyridine rings is 2. The first-order chi connectivity index (χ1) is 17.0. The van der Waals surface area contributed by atoms with Gasteiger partial charge in [-0.2, -0.15) is 13.2 Å². The highest BCUT2D eigenvalue weighted by Gasteiger charge is 2.41. The first kappa shape index (κ1) is 24.2. The van der Waals surface area contributed by atoms with E-state index in [4.69, 9.17) is 4.74 Å². The van der Waals surface area contributed by atoms with Crippen LogP contribution in [-0.4, -0.2) is 46.8 Å². The van der Waals surface area contributed by atoms with Crippen LogP contribution in [0.3, 0.4) is 0 Å². The summed E-state index contributed by atoms with van der Waals surface area (Å²) in [4.78, 5) is 23.9. The zero-order chi connectivity index (χ0) is 25.7. The molecule has 5 rings (SSSR count). The minimum atomic E-state index is -4.54. The van der Waals surface area contributed by atoms with Crippen LogP contribution in [0.4, 0.5) is 24.5 Å². The van der Waals surface area contributed by atoms with Crippen LogP contribution in [0.25, 0.3) is 11.1 Å². The van der Waals surface area contributed by atoms with Crippen LogP contribution in [-0.2, 0) is 16.5 Å². The number of alkyl halides is 3. The van der Waals surface area contributed by atoms with Crippen molar-refractivity contribution in [1.29, 1.82) is 0 Å². The summed E-state index contributed by atoms with van der Waals surface area (Å²) < 4.78 is 44.7. The van der Waals surface area contributed by atoms with Gasteiger partial charge >= 0.3 is 6.18 Å². The van der Waals surface area contributed by atoms with E-state index in [0.717, 1.165) is 23.4 Å². The minimum absolute atomic E-state index is 0.0376. The number of carbonyl (C=O) groups is 1. The standard InChI is InChI=1S/C26H25F3N4O3/c1-15-21(10-19(13-30-15)32-24(34)16-4-3-5-18(8-16)26(27,28)29)17-9-22-23(31-12-17)25(2,35)11-20-14-36-7-6-33(20)22/h3-5,8-10,12-13,20,35H,6-7,11,14H2,1-2H3,(H,32,34). The van der Waals surface area contributed by atoms with Gasteiger partial charge in [0.1, 0.15) is 5.60 Å². The first-order valence-corrected chi connectivity index (χ1v) is 11.6. The number of hydrogen-bond donors (Lipinski definition) is 2. The maximum atomic E-state index is 13.0. The molecule has 0 aliphatic carbocycles. The molecule has 1 amide bonds. The average molecular weight is 499 g/mol. The Labute approximate surface area is 205 Å². The Balaban J connectivity index is 1.46. The van der Waals surface area contributed by atoms with E-state index < -0.39 is 23.2 Å². The van der Waals surface area contributed by atoms with Gasteiger partial charge < -0.3 is 20.1 Å². The fraction of sp³-hybridized carbons (Fsp3) is 0.346. The summed E-state index contributed by atoms with van der Waals surface area (Å²) in [6.07, 6.45) is -0.905. The molecule has 2 aliphatic heterocycles. The number of nitrogens with one attached hydrogen (secondary N) is 1. The van der Waals surface area contributed by atoms with Gasteiger partial charge in [-0.05, 0) is 44.2 Å². The van der Waals surface area contributed by atoms with Gasteiger partial charge in [0.05, 0.1) is 48.1 Å². The number of aromatic nitrogens is 2. The Hall–Kier alpha value is -3.50. The zero-order valence-electron chi connectivity index (χ0n) is 19.8. The largest absolute Gasteiger partial charge is 0.416 e. The zero-order valence-corrected chi connectivity index (χ0v) is 19.8. The SMILES string of the molecule is Cc1ncc(NC(=O)c2cccc(C(F)(F)F)c2)cc1-c1cnc2c(c1)N1CCOCC1CC2(C)O. The molecule has 0 bridgehead atoms. The summed E-state index contributed by atoms with van der Waals surface area (Å²) in [7, 11) is 0. The molecule has 10 heteroatoms. The summed E-state index contributed by atoms with van der Waals surface area (Å²) in [6.45, 7) is 5.36. The maximum Gasteiger partial charge on any atom is 0.416 e. The topological polar surface area (TPSA) is 87.6 Å². The Bertz CT molecular complexity index is 1330. The van der Waals surface area contributed by atoms with Gasteiger partial charge in [0, 0.05) is 41.5 Å². The quantitative estimate of drug-likeness (QED) is 0.552. The molecule has 7 nitrogen and oxygen atoms in total. The Morgan fingerprint density at radius 2 is 2.03 bits per heavy atom. The molecule has 1 aromatic carbocycles. The van der Waals surface area contributed by atoms with Crippen molar-refractivity contribution in [1.82, 2.24) is 9.97 Å². The third-order valence-corrected chi connectivity index (χ3v) is 6.66. The van der Waals surface area contributed by atoms with Gasteiger partial charge in [-0.15, -0.1) is 0 Å². The fourth-order valence-corrected chi connectivity index (χ4v) is 4.86. The number of nitrogens with zero attached hydrogens (tertiary/aromatic N) is 3. The molecule has 0 spiro atoms. The number of halogens is 3. The predicted octanol–water partition coefficient (Wildman–Crippen LogP) is 4.54. The molecule has 2 N–H and O–H groups in total. The molecular formula is C26H25F3N4O3. The van der Waals surface area contributed by atoms with E-state index in [2.05, 4.69) is 20.2 Å². The van der Waals surface area contributed by atoms with Gasteiger partial charge in [-0.25, -0.2) is 0 Å². The Kier molecular flexibility index (Phi) is 5.96. The number of morpholine rings is 1. The summed E-state index contributed by atoms with van der Waals surface area (Å²) in [5.74, 6) is -0.673. The van der Waals surface area contributed by atoms with Gasteiger partial charge in [-0.1, -0.05) is 6.07 Å². The number of anilines is 2. The predicted molar refractivity (Wildman–Crippen MR) is 128 cm³/mol. The summed E-state index contributed by atoms with van der Waals surface area (Å²) in [6, 6.07) is 7.97. The number of fused-ring (bicyclic) bond motifs is 3. The van der Waals surface area contributed by atoms with Crippen molar-refractivity contribution in [3.8, 4) is 11.1 Å². The molecule has 2 unspecified atom stereocenters. The average Bonchev–Trinajstić information content (AvgIpc) is 2.84. The van der Waals surface area contributed by atoms with Crippen LogP contribution in [0.2, 0.25) is 0 Å². The molecule has 2 atom stereocenters. The van der Waals surface area contributed by atoms with Crippen molar-refractivity contribution < 1.29 is 27.8 Å². The lowest BCUT2D eigenvalue weighted by atomic mass is 9.85. The summed E-state index contributed by atoms with van der Waals surface area (Å²) >= 11 is 0. The van der Waals surface area contributed by atoms with E-state index in [1.165, 1.54) is 18.3 Å². The van der Waals surface area contributed by atoms with Crippen molar-refractivity contribution in [2.24, 2.45) is 0 Å². The normalized spacial score (nSPS) is 21.5. The van der Waals surface area contributed by atoms with Crippen LogP contribution in [0, 0.1) is 6.92 Å². The molecule has 1 saturated heterocycles.